The number of benzene rings is 2. The molecule has 0 unspecified atom stereocenters. The molecule has 2 aromatic carbocycles. The number of aromatic nitrogens is 6. The highest BCUT2D eigenvalue weighted by Crippen LogP contribution is 2.39. The highest BCUT2D eigenvalue weighted by atomic mass is 35.5. The Labute approximate surface area is 244 Å². The van der Waals surface area contributed by atoms with E-state index in [1.165, 1.54) is 34.0 Å². The highest BCUT2D eigenvalue weighted by Gasteiger charge is 2.25. The van der Waals surface area contributed by atoms with Gasteiger partial charge >= 0.3 is 0 Å². The number of carbonyl (C=O) groups excluding carboxylic acids is 1. The van der Waals surface area contributed by atoms with Crippen LogP contribution < -0.4 is 10.0 Å². The van der Waals surface area contributed by atoms with Crippen LogP contribution in [0.5, 0.6) is 0 Å². The lowest BCUT2D eigenvalue weighted by atomic mass is 9.93. The van der Waals surface area contributed by atoms with E-state index >= 15 is 0 Å². The molecular weight excluding hydrogens is 590 g/mol. The molecule has 42 heavy (non-hydrogen) atoms. The summed E-state index contributed by atoms with van der Waals surface area (Å²) >= 11 is 6.52. The average Bonchev–Trinajstić information content (AvgIpc) is 3.50. The normalized spacial score (nSPS) is 12.4. The summed E-state index contributed by atoms with van der Waals surface area (Å²) in [5.41, 5.74) is 3.02. The van der Waals surface area contributed by atoms with Crippen molar-refractivity contribution in [2.24, 2.45) is 7.05 Å². The first-order chi connectivity index (χ1) is 19.9. The van der Waals surface area contributed by atoms with Crippen LogP contribution in [0, 0.1) is 18.6 Å². The van der Waals surface area contributed by atoms with E-state index in [1.807, 2.05) is 6.07 Å². The number of carbonyl (C=O) groups is 1. The predicted octanol–water partition coefficient (Wildman–Crippen LogP) is 3.94. The molecule has 15 heteroatoms. The maximum absolute atomic E-state index is 14.1. The lowest BCUT2D eigenvalue weighted by Gasteiger charge is -2.23. The first kappa shape index (κ1) is 29.1. The van der Waals surface area contributed by atoms with Crippen molar-refractivity contribution in [3.8, 4) is 11.1 Å². The minimum Gasteiger partial charge on any atom is -0.346 e. The molecule has 218 valence electrons. The molecule has 3 aromatic heterocycles. The Kier molecular flexibility index (Phi) is 7.93. The number of hydrogen-bond donors (Lipinski definition) is 2. The van der Waals surface area contributed by atoms with E-state index in [-0.39, 0.29) is 23.8 Å². The number of anilines is 1. The molecule has 0 saturated heterocycles. The molecule has 0 aliphatic heterocycles. The largest absolute Gasteiger partial charge is 0.346 e. The predicted molar refractivity (Wildman–Crippen MR) is 153 cm³/mol. The summed E-state index contributed by atoms with van der Waals surface area (Å²) in [5.74, 6) is -1.86. The number of amides is 1. The SMILES string of the molecule is Cc1ccc(-c2ccc(Cl)c3c(NS(C)(=O)=O)nn(C)c23)c([C@H](Cc2cc(F)cc(F)c2)NC(=O)Cn2cnnc2)n1. The number of rotatable bonds is 9. The van der Waals surface area contributed by atoms with Crippen molar-refractivity contribution in [2.45, 2.75) is 25.9 Å². The number of aryl methyl sites for hydroxylation is 2. The van der Waals surface area contributed by atoms with Gasteiger partial charge in [0, 0.05) is 29.9 Å². The topological polar surface area (TPSA) is 137 Å². The Morgan fingerprint density at radius 1 is 1.05 bits per heavy atom. The minimum absolute atomic E-state index is 0.00898. The summed E-state index contributed by atoms with van der Waals surface area (Å²) in [6.07, 6.45) is 3.80. The molecular formula is C27H25ClF2N8O3S. The lowest BCUT2D eigenvalue weighted by molar-refractivity contribution is -0.122. The van der Waals surface area contributed by atoms with E-state index in [1.54, 1.807) is 32.2 Å². The van der Waals surface area contributed by atoms with Gasteiger partial charge in [0.1, 0.15) is 30.8 Å². The zero-order valence-corrected chi connectivity index (χ0v) is 24.2. The van der Waals surface area contributed by atoms with Crippen molar-refractivity contribution < 1.29 is 22.0 Å². The summed E-state index contributed by atoms with van der Waals surface area (Å²) in [7, 11) is -2.03. The van der Waals surface area contributed by atoms with Gasteiger partial charge in [-0.3, -0.25) is 19.2 Å². The zero-order valence-electron chi connectivity index (χ0n) is 22.6. The standard InChI is InChI=1S/C27H25ClF2N8O3S/c1-15-4-5-19(20-6-7-21(28)24-26(20)37(2)35-27(24)36-42(3,40)41)25(33-15)22(10-16-8-17(29)11-18(30)9-16)34-23(39)12-38-13-31-32-14-38/h4-9,11,13-14,22H,10,12H2,1-3H3,(H,34,39)(H,35,36)/t22-/m0/s1. The van der Waals surface area contributed by atoms with Gasteiger partial charge in [-0.1, -0.05) is 23.7 Å². The molecule has 3 heterocycles. The molecule has 5 rings (SSSR count). The first-order valence-electron chi connectivity index (χ1n) is 12.6. The molecule has 0 aliphatic rings. The van der Waals surface area contributed by atoms with E-state index in [0.29, 0.717) is 39.0 Å². The number of fused-ring (bicyclic) bond motifs is 1. The lowest BCUT2D eigenvalue weighted by Crippen LogP contribution is -2.33. The Morgan fingerprint density at radius 3 is 2.38 bits per heavy atom. The van der Waals surface area contributed by atoms with E-state index in [0.717, 1.165) is 12.3 Å². The van der Waals surface area contributed by atoms with Gasteiger partial charge in [0.05, 0.1) is 33.9 Å². The van der Waals surface area contributed by atoms with Crippen molar-refractivity contribution in [1.29, 1.82) is 0 Å². The van der Waals surface area contributed by atoms with Gasteiger partial charge in [-0.2, -0.15) is 5.10 Å². The minimum atomic E-state index is -3.67. The van der Waals surface area contributed by atoms with Crippen LogP contribution in [0.4, 0.5) is 14.6 Å². The second-order valence-electron chi connectivity index (χ2n) is 9.79. The van der Waals surface area contributed by atoms with Gasteiger partial charge in [-0.25, -0.2) is 17.2 Å². The molecule has 2 N–H and O–H groups in total. The Hall–Kier alpha value is -4.43. The zero-order chi connectivity index (χ0) is 30.2. The molecule has 5 aromatic rings. The van der Waals surface area contributed by atoms with Crippen LogP contribution in [0.3, 0.4) is 0 Å². The first-order valence-corrected chi connectivity index (χ1v) is 14.8. The van der Waals surface area contributed by atoms with Crippen LogP contribution in [-0.2, 0) is 34.8 Å². The second kappa shape index (κ2) is 11.4. The van der Waals surface area contributed by atoms with Gasteiger partial charge in [0.2, 0.25) is 15.9 Å². The van der Waals surface area contributed by atoms with E-state index in [4.69, 9.17) is 16.6 Å². The molecule has 1 amide bonds. The van der Waals surface area contributed by atoms with E-state index in [2.05, 4.69) is 25.3 Å². The second-order valence-corrected chi connectivity index (χ2v) is 11.9. The third kappa shape index (κ3) is 6.39. The summed E-state index contributed by atoms with van der Waals surface area (Å²) < 4.78 is 57.7. The maximum atomic E-state index is 14.1. The number of sulfonamides is 1. The molecule has 0 bridgehead atoms. The van der Waals surface area contributed by atoms with Gasteiger partial charge in [-0.05, 0) is 43.2 Å². The van der Waals surface area contributed by atoms with Crippen LogP contribution in [-0.4, -0.2) is 50.1 Å². The van der Waals surface area contributed by atoms with E-state index in [9.17, 15) is 22.0 Å². The third-order valence-corrected chi connectivity index (χ3v) is 7.27. The Balaban J connectivity index is 1.66. The average molecular weight is 615 g/mol. The van der Waals surface area contributed by atoms with Gasteiger partial charge < -0.3 is 9.88 Å². The van der Waals surface area contributed by atoms with Crippen molar-refractivity contribution in [3.63, 3.8) is 0 Å². The van der Waals surface area contributed by atoms with Gasteiger partial charge in [0.25, 0.3) is 0 Å². The quantitative estimate of drug-likeness (QED) is 0.257. The summed E-state index contributed by atoms with van der Waals surface area (Å²) in [6, 6.07) is 9.27. The molecule has 0 fully saturated rings. The molecule has 11 nitrogen and oxygen atoms in total. The monoisotopic (exact) mass is 614 g/mol. The Bertz CT molecular complexity index is 1890. The van der Waals surface area contributed by atoms with Gasteiger partial charge in [-0.15, -0.1) is 10.2 Å². The van der Waals surface area contributed by atoms with E-state index < -0.39 is 33.6 Å². The van der Waals surface area contributed by atoms with Crippen LogP contribution in [0.15, 0.2) is 55.1 Å². The van der Waals surface area contributed by atoms with Crippen LogP contribution >= 0.6 is 11.6 Å². The maximum Gasteiger partial charge on any atom is 0.240 e. The van der Waals surface area contributed by atoms with Crippen molar-refractivity contribution in [1.82, 2.24) is 34.8 Å². The van der Waals surface area contributed by atoms with Crippen molar-refractivity contribution >= 4 is 44.3 Å². The fourth-order valence-corrected chi connectivity index (χ4v) is 5.54. The summed E-state index contributed by atoms with van der Waals surface area (Å²) in [4.78, 5) is 17.9. The molecule has 1 atom stereocenters. The number of pyridine rings is 1. The van der Waals surface area contributed by atoms with Gasteiger partial charge in [0.15, 0.2) is 5.82 Å². The molecule has 0 spiro atoms. The summed E-state index contributed by atoms with van der Waals surface area (Å²) in [5, 5.41) is 15.3. The number of nitrogens with one attached hydrogen (secondary N) is 2. The highest BCUT2D eigenvalue weighted by molar-refractivity contribution is 7.92. The number of nitrogens with zero attached hydrogens (tertiary/aromatic N) is 6. The van der Waals surface area contributed by atoms with Crippen LogP contribution in [0.25, 0.3) is 22.0 Å². The van der Waals surface area contributed by atoms with Crippen molar-refractivity contribution in [2.75, 3.05) is 11.0 Å². The van der Waals surface area contributed by atoms with Crippen molar-refractivity contribution in [3.05, 3.63) is 88.7 Å². The summed E-state index contributed by atoms with van der Waals surface area (Å²) in [6.45, 7) is 1.68. The smallest absolute Gasteiger partial charge is 0.240 e. The fourth-order valence-electron chi connectivity index (χ4n) is 4.80. The Morgan fingerprint density at radius 2 is 1.71 bits per heavy atom. The third-order valence-electron chi connectivity index (χ3n) is 6.39. The number of halogens is 3. The molecule has 0 saturated carbocycles. The fraction of sp³-hybridized carbons (Fsp3) is 0.222. The van der Waals surface area contributed by atoms with Crippen LogP contribution in [0.1, 0.15) is 23.0 Å². The molecule has 0 radical (unpaired) electrons. The molecule has 0 aliphatic carbocycles. The van der Waals surface area contributed by atoms with Crippen LogP contribution in [0.2, 0.25) is 5.02 Å². The number of hydrogen-bond acceptors (Lipinski definition) is 7.